The Kier molecular flexibility index (Phi) is 4.42. The molecule has 1 heterocycles. The number of nitrogens with zero attached hydrogens (tertiary/aromatic N) is 3. The molecule has 0 amide bonds. The van der Waals surface area contributed by atoms with Crippen LogP contribution in [0.3, 0.4) is 0 Å². The summed E-state index contributed by atoms with van der Waals surface area (Å²) < 4.78 is 10.1. The molecule has 1 rings (SSSR count). The van der Waals surface area contributed by atoms with Gasteiger partial charge in [0.25, 0.3) is 0 Å². The lowest BCUT2D eigenvalue weighted by Gasteiger charge is -2.07. The van der Waals surface area contributed by atoms with Crippen molar-refractivity contribution in [3.05, 3.63) is 34.1 Å². The zero-order valence-electron chi connectivity index (χ0n) is 9.21. The SMILES string of the molecule is CCOC(=O)C(Cc1ccc(C)o1)N=[N+]=[N-]. The summed E-state index contributed by atoms with van der Waals surface area (Å²) in [5.74, 6) is 0.816. The van der Waals surface area contributed by atoms with Crippen LogP contribution in [0.1, 0.15) is 18.4 Å². The van der Waals surface area contributed by atoms with E-state index in [-0.39, 0.29) is 13.0 Å². The maximum atomic E-state index is 11.4. The molecule has 0 N–H and O–H groups in total. The van der Waals surface area contributed by atoms with E-state index in [0.29, 0.717) is 5.76 Å². The molecule has 86 valence electrons. The number of carbonyl (C=O) groups excluding carboxylic acids is 1. The largest absolute Gasteiger partial charge is 0.466 e. The first-order valence-corrected chi connectivity index (χ1v) is 4.93. The van der Waals surface area contributed by atoms with Crippen molar-refractivity contribution >= 4 is 5.97 Å². The monoisotopic (exact) mass is 223 g/mol. The van der Waals surface area contributed by atoms with Gasteiger partial charge in [-0.15, -0.1) is 0 Å². The fraction of sp³-hybridized carbons (Fsp3) is 0.500. The van der Waals surface area contributed by atoms with Crippen molar-refractivity contribution in [3.8, 4) is 0 Å². The lowest BCUT2D eigenvalue weighted by molar-refractivity contribution is -0.144. The van der Waals surface area contributed by atoms with Crippen LogP contribution in [0.5, 0.6) is 0 Å². The number of azide groups is 1. The fourth-order valence-electron chi connectivity index (χ4n) is 1.26. The van der Waals surface area contributed by atoms with E-state index in [1.165, 1.54) is 0 Å². The molecule has 6 nitrogen and oxygen atoms in total. The van der Waals surface area contributed by atoms with E-state index in [9.17, 15) is 4.79 Å². The summed E-state index contributed by atoms with van der Waals surface area (Å²) in [6.07, 6.45) is 0.219. The molecule has 6 heteroatoms. The Hall–Kier alpha value is -1.94. The van der Waals surface area contributed by atoms with Gasteiger partial charge in [0.15, 0.2) is 0 Å². The van der Waals surface area contributed by atoms with Crippen LogP contribution in [0.2, 0.25) is 0 Å². The topological polar surface area (TPSA) is 88.2 Å². The zero-order valence-corrected chi connectivity index (χ0v) is 9.21. The van der Waals surface area contributed by atoms with Crippen LogP contribution >= 0.6 is 0 Å². The Morgan fingerprint density at radius 1 is 1.69 bits per heavy atom. The van der Waals surface area contributed by atoms with E-state index in [0.717, 1.165) is 5.76 Å². The van der Waals surface area contributed by atoms with Crippen molar-refractivity contribution < 1.29 is 13.9 Å². The highest BCUT2D eigenvalue weighted by Gasteiger charge is 2.20. The minimum Gasteiger partial charge on any atom is -0.466 e. The highest BCUT2D eigenvalue weighted by atomic mass is 16.5. The minimum absolute atomic E-state index is 0.219. The molecule has 0 saturated heterocycles. The van der Waals surface area contributed by atoms with Crippen molar-refractivity contribution in [1.82, 2.24) is 0 Å². The van der Waals surface area contributed by atoms with Crippen LogP contribution in [-0.2, 0) is 16.0 Å². The first kappa shape index (κ1) is 12.1. The third-order valence-electron chi connectivity index (χ3n) is 1.94. The summed E-state index contributed by atoms with van der Waals surface area (Å²) in [7, 11) is 0. The van der Waals surface area contributed by atoms with Crippen LogP contribution in [0, 0.1) is 6.92 Å². The van der Waals surface area contributed by atoms with Gasteiger partial charge in [0.2, 0.25) is 0 Å². The summed E-state index contributed by atoms with van der Waals surface area (Å²) in [6.45, 7) is 3.76. The van der Waals surface area contributed by atoms with Crippen LogP contribution < -0.4 is 0 Å². The van der Waals surface area contributed by atoms with Gasteiger partial charge in [-0.05, 0) is 31.5 Å². The predicted octanol–water partition coefficient (Wildman–Crippen LogP) is 2.37. The molecule has 0 aliphatic heterocycles. The molecule has 1 aromatic heterocycles. The van der Waals surface area contributed by atoms with E-state index < -0.39 is 12.0 Å². The van der Waals surface area contributed by atoms with Gasteiger partial charge in [-0.2, -0.15) is 0 Å². The molecule has 0 aliphatic carbocycles. The summed E-state index contributed by atoms with van der Waals surface area (Å²) in [5.41, 5.74) is 8.36. The number of carbonyl (C=O) groups is 1. The number of aryl methyl sites for hydroxylation is 1. The number of esters is 1. The van der Waals surface area contributed by atoms with Gasteiger partial charge in [-0.3, -0.25) is 4.79 Å². The summed E-state index contributed by atoms with van der Waals surface area (Å²) in [6, 6.07) is 2.66. The number of ether oxygens (including phenoxy) is 1. The second-order valence-corrected chi connectivity index (χ2v) is 3.19. The van der Waals surface area contributed by atoms with E-state index in [1.807, 2.05) is 0 Å². The second-order valence-electron chi connectivity index (χ2n) is 3.19. The molecule has 0 aliphatic rings. The fourth-order valence-corrected chi connectivity index (χ4v) is 1.26. The molecule has 0 saturated carbocycles. The van der Waals surface area contributed by atoms with Gasteiger partial charge >= 0.3 is 5.97 Å². The lowest BCUT2D eigenvalue weighted by Crippen LogP contribution is -2.23. The van der Waals surface area contributed by atoms with Crippen molar-refractivity contribution in [3.63, 3.8) is 0 Å². The maximum absolute atomic E-state index is 11.4. The quantitative estimate of drug-likeness (QED) is 0.332. The zero-order chi connectivity index (χ0) is 12.0. The van der Waals surface area contributed by atoms with E-state index in [4.69, 9.17) is 14.7 Å². The van der Waals surface area contributed by atoms with Gasteiger partial charge < -0.3 is 9.15 Å². The summed E-state index contributed by atoms with van der Waals surface area (Å²) >= 11 is 0. The number of furan rings is 1. The van der Waals surface area contributed by atoms with Crippen LogP contribution in [0.25, 0.3) is 10.4 Å². The maximum Gasteiger partial charge on any atom is 0.315 e. The summed E-state index contributed by atoms with van der Waals surface area (Å²) in [4.78, 5) is 14.0. The minimum atomic E-state index is -0.865. The van der Waals surface area contributed by atoms with Crippen molar-refractivity contribution in [1.29, 1.82) is 0 Å². The Morgan fingerprint density at radius 2 is 2.44 bits per heavy atom. The smallest absolute Gasteiger partial charge is 0.315 e. The average molecular weight is 223 g/mol. The Balaban J connectivity index is 2.71. The first-order chi connectivity index (χ1) is 7.67. The van der Waals surface area contributed by atoms with E-state index in [2.05, 4.69) is 10.0 Å². The Morgan fingerprint density at radius 3 is 2.94 bits per heavy atom. The number of rotatable bonds is 5. The molecule has 1 atom stereocenters. The van der Waals surface area contributed by atoms with Gasteiger partial charge in [-0.1, -0.05) is 5.11 Å². The Bertz CT molecular complexity index is 407. The lowest BCUT2D eigenvalue weighted by atomic mass is 10.2. The normalized spacial score (nSPS) is 11.6. The third kappa shape index (κ3) is 3.33. The summed E-state index contributed by atoms with van der Waals surface area (Å²) in [5, 5.41) is 3.39. The Labute approximate surface area is 92.8 Å². The van der Waals surface area contributed by atoms with Gasteiger partial charge in [0.05, 0.1) is 6.61 Å². The van der Waals surface area contributed by atoms with Crippen LogP contribution in [0.15, 0.2) is 21.7 Å². The van der Waals surface area contributed by atoms with Crippen molar-refractivity contribution in [2.45, 2.75) is 26.3 Å². The molecule has 1 aromatic rings. The molecule has 0 fully saturated rings. The van der Waals surface area contributed by atoms with E-state index >= 15 is 0 Å². The number of hydrogen-bond donors (Lipinski definition) is 0. The van der Waals surface area contributed by atoms with Gasteiger partial charge in [0.1, 0.15) is 17.6 Å². The average Bonchev–Trinajstić information content (AvgIpc) is 2.64. The molecular weight excluding hydrogens is 210 g/mol. The van der Waals surface area contributed by atoms with Gasteiger partial charge in [0, 0.05) is 11.3 Å². The number of hydrogen-bond acceptors (Lipinski definition) is 4. The van der Waals surface area contributed by atoms with Crippen LogP contribution in [-0.4, -0.2) is 18.6 Å². The third-order valence-corrected chi connectivity index (χ3v) is 1.94. The molecular formula is C10H13N3O3. The molecule has 0 radical (unpaired) electrons. The molecule has 0 spiro atoms. The van der Waals surface area contributed by atoms with E-state index in [1.54, 1.807) is 26.0 Å². The van der Waals surface area contributed by atoms with Crippen LogP contribution in [0.4, 0.5) is 0 Å². The highest BCUT2D eigenvalue weighted by Crippen LogP contribution is 2.11. The van der Waals surface area contributed by atoms with Crippen molar-refractivity contribution in [2.75, 3.05) is 6.61 Å². The molecule has 16 heavy (non-hydrogen) atoms. The first-order valence-electron chi connectivity index (χ1n) is 4.93. The highest BCUT2D eigenvalue weighted by molar-refractivity contribution is 5.76. The molecule has 0 bridgehead atoms. The van der Waals surface area contributed by atoms with Gasteiger partial charge in [-0.25, -0.2) is 0 Å². The molecule has 1 unspecified atom stereocenters. The van der Waals surface area contributed by atoms with Crippen molar-refractivity contribution in [2.24, 2.45) is 5.11 Å². The standard InChI is InChI=1S/C10H13N3O3/c1-3-15-10(14)9(12-13-11)6-8-5-4-7(2)16-8/h4-5,9H,3,6H2,1-2H3. The second kappa shape index (κ2) is 5.82. The predicted molar refractivity (Wildman–Crippen MR) is 56.7 cm³/mol. The molecule has 0 aromatic carbocycles.